The van der Waals surface area contributed by atoms with Gasteiger partial charge in [-0.1, -0.05) is 26.0 Å². The Kier molecular flexibility index (Phi) is 6.56. The number of nitrogens with zero attached hydrogens (tertiary/aromatic N) is 1. The molecular formula is C17H27FN2O2S. The van der Waals surface area contributed by atoms with Crippen molar-refractivity contribution in [1.29, 1.82) is 0 Å². The van der Waals surface area contributed by atoms with Gasteiger partial charge in [-0.25, -0.2) is 17.5 Å². The number of halogens is 1. The zero-order valence-electron chi connectivity index (χ0n) is 14.0. The fraction of sp³-hybridized carbons (Fsp3) is 0.647. The molecule has 1 heterocycles. The highest BCUT2D eigenvalue weighted by Crippen LogP contribution is 2.20. The lowest BCUT2D eigenvalue weighted by Crippen LogP contribution is -2.45. The second kappa shape index (κ2) is 8.22. The summed E-state index contributed by atoms with van der Waals surface area (Å²) in [6.45, 7) is 6.72. The third kappa shape index (κ3) is 5.86. The van der Waals surface area contributed by atoms with E-state index < -0.39 is 10.0 Å². The van der Waals surface area contributed by atoms with E-state index >= 15 is 0 Å². The van der Waals surface area contributed by atoms with Gasteiger partial charge in [-0.2, -0.15) is 0 Å². The second-order valence-corrected chi connectivity index (χ2v) is 8.34. The van der Waals surface area contributed by atoms with Crippen molar-refractivity contribution in [2.45, 2.75) is 45.1 Å². The van der Waals surface area contributed by atoms with Crippen LogP contribution in [0.25, 0.3) is 0 Å². The van der Waals surface area contributed by atoms with Gasteiger partial charge in [0, 0.05) is 12.6 Å². The number of piperidine rings is 1. The molecule has 1 saturated heterocycles. The Morgan fingerprint density at radius 3 is 2.43 bits per heavy atom. The summed E-state index contributed by atoms with van der Waals surface area (Å²) in [5.74, 6) is 0.333. The van der Waals surface area contributed by atoms with Crippen molar-refractivity contribution < 1.29 is 12.8 Å². The van der Waals surface area contributed by atoms with Crippen LogP contribution in [0, 0.1) is 5.82 Å². The van der Waals surface area contributed by atoms with Gasteiger partial charge in [-0.15, -0.1) is 0 Å². The Balaban J connectivity index is 1.79. The van der Waals surface area contributed by atoms with E-state index in [-0.39, 0.29) is 17.6 Å². The first kappa shape index (κ1) is 18.4. The first-order valence-corrected chi connectivity index (χ1v) is 10.0. The van der Waals surface area contributed by atoms with Crippen LogP contribution in [0.2, 0.25) is 0 Å². The lowest BCUT2D eigenvalue weighted by Gasteiger charge is -2.33. The molecule has 1 aromatic rings. The SMILES string of the molecule is CCCS(=O)(=O)NC1CCN(C[C@H](C)c2ccc(F)cc2)CC1. The molecule has 130 valence electrons. The van der Waals surface area contributed by atoms with Crippen molar-refractivity contribution in [2.24, 2.45) is 0 Å². The minimum atomic E-state index is -3.12. The van der Waals surface area contributed by atoms with Gasteiger partial charge >= 0.3 is 0 Å². The van der Waals surface area contributed by atoms with E-state index in [0.717, 1.165) is 38.0 Å². The lowest BCUT2D eigenvalue weighted by molar-refractivity contribution is 0.199. The molecule has 6 heteroatoms. The Morgan fingerprint density at radius 1 is 1.26 bits per heavy atom. The summed E-state index contributed by atoms with van der Waals surface area (Å²) in [6, 6.07) is 6.74. The zero-order chi connectivity index (χ0) is 16.9. The molecule has 1 fully saturated rings. The molecule has 0 spiro atoms. The Hall–Kier alpha value is -0.980. The molecule has 0 aliphatic carbocycles. The maximum Gasteiger partial charge on any atom is 0.211 e. The number of rotatable bonds is 7. The van der Waals surface area contributed by atoms with E-state index in [1.807, 2.05) is 19.1 Å². The van der Waals surface area contributed by atoms with Crippen LogP contribution in [0.4, 0.5) is 4.39 Å². The smallest absolute Gasteiger partial charge is 0.211 e. The summed E-state index contributed by atoms with van der Waals surface area (Å²) in [6.07, 6.45) is 2.33. The third-order valence-electron chi connectivity index (χ3n) is 4.38. The fourth-order valence-electron chi connectivity index (χ4n) is 3.10. The van der Waals surface area contributed by atoms with Gasteiger partial charge in [0.25, 0.3) is 0 Å². The quantitative estimate of drug-likeness (QED) is 0.829. The molecular weight excluding hydrogens is 315 g/mol. The lowest BCUT2D eigenvalue weighted by atomic mass is 9.98. The van der Waals surface area contributed by atoms with Crippen molar-refractivity contribution in [3.05, 3.63) is 35.6 Å². The Morgan fingerprint density at radius 2 is 1.87 bits per heavy atom. The summed E-state index contributed by atoms with van der Waals surface area (Å²) in [7, 11) is -3.12. The molecule has 2 rings (SSSR count). The summed E-state index contributed by atoms with van der Waals surface area (Å²) >= 11 is 0. The summed E-state index contributed by atoms with van der Waals surface area (Å²) in [4.78, 5) is 2.36. The molecule has 0 bridgehead atoms. The second-order valence-electron chi connectivity index (χ2n) is 6.46. The predicted molar refractivity (Wildman–Crippen MR) is 91.5 cm³/mol. The van der Waals surface area contributed by atoms with Crippen molar-refractivity contribution in [2.75, 3.05) is 25.4 Å². The maximum absolute atomic E-state index is 13.0. The average molecular weight is 342 g/mol. The molecule has 1 atom stereocenters. The number of hydrogen-bond acceptors (Lipinski definition) is 3. The Labute approximate surface area is 139 Å². The van der Waals surface area contributed by atoms with Gasteiger partial charge in [0.05, 0.1) is 5.75 Å². The van der Waals surface area contributed by atoms with Crippen LogP contribution in [0.3, 0.4) is 0 Å². The van der Waals surface area contributed by atoms with Crippen LogP contribution in [-0.2, 0) is 10.0 Å². The number of likely N-dealkylation sites (tertiary alicyclic amines) is 1. The average Bonchev–Trinajstić information content (AvgIpc) is 2.49. The van der Waals surface area contributed by atoms with Gasteiger partial charge in [-0.3, -0.25) is 0 Å². The van der Waals surface area contributed by atoms with Crippen molar-refractivity contribution in [3.8, 4) is 0 Å². The summed E-state index contributed by atoms with van der Waals surface area (Å²) in [5.41, 5.74) is 1.14. The molecule has 0 unspecified atom stereocenters. The van der Waals surface area contributed by atoms with Crippen molar-refractivity contribution in [1.82, 2.24) is 9.62 Å². The van der Waals surface area contributed by atoms with E-state index in [1.54, 1.807) is 0 Å². The standard InChI is InChI=1S/C17H27FN2O2S/c1-3-12-23(21,22)19-17-8-10-20(11-9-17)13-14(2)15-4-6-16(18)7-5-15/h4-7,14,17,19H,3,8-13H2,1-2H3/t14-/m0/s1. The van der Waals surface area contributed by atoms with Gasteiger partial charge in [0.1, 0.15) is 5.82 Å². The molecule has 0 amide bonds. The molecule has 1 N–H and O–H groups in total. The molecule has 1 aromatic carbocycles. The van der Waals surface area contributed by atoms with Gasteiger partial charge in [-0.05, 0) is 56.0 Å². The van der Waals surface area contributed by atoms with Crippen LogP contribution in [0.15, 0.2) is 24.3 Å². The molecule has 4 nitrogen and oxygen atoms in total. The van der Waals surface area contributed by atoms with Crippen LogP contribution in [0.5, 0.6) is 0 Å². The first-order chi connectivity index (χ1) is 10.9. The molecule has 1 aliphatic rings. The summed E-state index contributed by atoms with van der Waals surface area (Å²) in [5, 5.41) is 0. The van der Waals surface area contributed by atoms with Gasteiger partial charge < -0.3 is 4.90 Å². The number of benzene rings is 1. The molecule has 0 radical (unpaired) electrons. The molecule has 1 aliphatic heterocycles. The minimum absolute atomic E-state index is 0.0592. The Bertz CT molecular complexity index is 581. The largest absolute Gasteiger partial charge is 0.303 e. The highest BCUT2D eigenvalue weighted by atomic mass is 32.2. The molecule has 23 heavy (non-hydrogen) atoms. The number of sulfonamides is 1. The topological polar surface area (TPSA) is 49.4 Å². The van der Waals surface area contributed by atoms with Crippen LogP contribution < -0.4 is 4.72 Å². The van der Waals surface area contributed by atoms with E-state index in [0.29, 0.717) is 12.3 Å². The third-order valence-corrected chi connectivity index (χ3v) is 6.02. The van der Waals surface area contributed by atoms with Gasteiger partial charge in [0.15, 0.2) is 0 Å². The van der Waals surface area contributed by atoms with E-state index in [9.17, 15) is 12.8 Å². The van der Waals surface area contributed by atoms with Crippen molar-refractivity contribution >= 4 is 10.0 Å². The minimum Gasteiger partial charge on any atom is -0.303 e. The zero-order valence-corrected chi connectivity index (χ0v) is 14.8. The van der Waals surface area contributed by atoms with E-state index in [2.05, 4.69) is 16.5 Å². The molecule has 0 saturated carbocycles. The van der Waals surface area contributed by atoms with Crippen LogP contribution >= 0.6 is 0 Å². The van der Waals surface area contributed by atoms with E-state index in [4.69, 9.17) is 0 Å². The maximum atomic E-state index is 13.0. The highest BCUT2D eigenvalue weighted by molar-refractivity contribution is 7.89. The first-order valence-electron chi connectivity index (χ1n) is 8.37. The fourth-order valence-corrected chi connectivity index (χ4v) is 4.50. The summed E-state index contributed by atoms with van der Waals surface area (Å²) < 4.78 is 39.4. The molecule has 0 aromatic heterocycles. The highest BCUT2D eigenvalue weighted by Gasteiger charge is 2.24. The van der Waals surface area contributed by atoms with Crippen LogP contribution in [0.1, 0.15) is 44.6 Å². The van der Waals surface area contributed by atoms with Gasteiger partial charge in [0.2, 0.25) is 10.0 Å². The normalized spacial score (nSPS) is 18.9. The predicted octanol–water partition coefficient (Wildman–Crippen LogP) is 2.72. The number of nitrogens with one attached hydrogen (secondary N) is 1. The van der Waals surface area contributed by atoms with Crippen molar-refractivity contribution in [3.63, 3.8) is 0 Å². The monoisotopic (exact) mass is 342 g/mol. The van der Waals surface area contributed by atoms with Crippen LogP contribution in [-0.4, -0.2) is 44.7 Å². The van der Waals surface area contributed by atoms with E-state index in [1.165, 1.54) is 12.1 Å². The number of hydrogen-bond donors (Lipinski definition) is 1.